The molecule has 0 amide bonds. The first-order valence-electron chi connectivity index (χ1n) is 6.62. The molecule has 6 nitrogen and oxygen atoms in total. The molecule has 0 saturated carbocycles. The molecule has 2 N–H and O–H groups in total. The molecule has 116 valence electrons. The molecular weight excluding hydrogens is 276 g/mol. The summed E-state index contributed by atoms with van der Waals surface area (Å²) in [6.07, 6.45) is 3.33. The van der Waals surface area contributed by atoms with Crippen molar-refractivity contribution in [3.05, 3.63) is 36.0 Å². The van der Waals surface area contributed by atoms with E-state index in [2.05, 4.69) is 0 Å². The van der Waals surface area contributed by atoms with E-state index in [1.165, 1.54) is 31.2 Å². The molecule has 0 unspecified atom stereocenters. The van der Waals surface area contributed by atoms with E-state index in [9.17, 15) is 19.8 Å². The molecule has 0 aromatic carbocycles. The molecule has 4 atom stereocenters. The Morgan fingerprint density at radius 3 is 2.57 bits per heavy atom. The first kappa shape index (κ1) is 17.1. The summed E-state index contributed by atoms with van der Waals surface area (Å²) in [7, 11) is 0. The number of rotatable bonds is 6. The van der Waals surface area contributed by atoms with Gasteiger partial charge in [-0.15, -0.1) is 0 Å². The molecule has 1 aliphatic rings. The molecule has 0 aliphatic carbocycles. The summed E-state index contributed by atoms with van der Waals surface area (Å²) in [6, 6.07) is 0. The van der Waals surface area contributed by atoms with E-state index in [-0.39, 0.29) is 0 Å². The number of carbonyl (C=O) groups excluding carboxylic acids is 2. The molecule has 0 saturated heterocycles. The van der Waals surface area contributed by atoms with Gasteiger partial charge in [0.05, 0.1) is 12.2 Å². The molecular formula is C15H20O6. The maximum absolute atomic E-state index is 11.8. The Balaban J connectivity index is 2.82. The number of allylic oxidation sites excluding steroid dienone is 1. The van der Waals surface area contributed by atoms with Gasteiger partial charge in [0.25, 0.3) is 0 Å². The average Bonchev–Trinajstić information content (AvgIpc) is 2.87. The summed E-state index contributed by atoms with van der Waals surface area (Å²) in [4.78, 5) is 22.9. The number of cyclic esters (lactones) is 1. The monoisotopic (exact) mass is 296 g/mol. The SMILES string of the molecule is C/C=C(\C)C(=O)O[C@@H](/C=C/[C@@H](O)[C@@H](C)O)[C@H]1C=CC(=O)O1. The Bertz CT molecular complexity index is 475. The van der Waals surface area contributed by atoms with Crippen molar-refractivity contribution in [2.45, 2.75) is 45.2 Å². The highest BCUT2D eigenvalue weighted by molar-refractivity contribution is 5.88. The van der Waals surface area contributed by atoms with E-state index in [4.69, 9.17) is 9.47 Å². The van der Waals surface area contributed by atoms with Gasteiger partial charge in [0.2, 0.25) is 0 Å². The molecule has 0 spiro atoms. The van der Waals surface area contributed by atoms with Crippen molar-refractivity contribution in [2.24, 2.45) is 0 Å². The van der Waals surface area contributed by atoms with Crippen molar-refractivity contribution >= 4 is 11.9 Å². The minimum Gasteiger partial charge on any atom is -0.451 e. The number of aliphatic hydroxyl groups excluding tert-OH is 2. The van der Waals surface area contributed by atoms with Crippen molar-refractivity contribution in [2.75, 3.05) is 0 Å². The van der Waals surface area contributed by atoms with Crippen molar-refractivity contribution in [3.8, 4) is 0 Å². The van der Waals surface area contributed by atoms with Crippen molar-refractivity contribution in [1.29, 1.82) is 0 Å². The van der Waals surface area contributed by atoms with Crippen LogP contribution in [-0.4, -0.2) is 46.6 Å². The fourth-order valence-electron chi connectivity index (χ4n) is 1.50. The lowest BCUT2D eigenvalue weighted by molar-refractivity contribution is -0.153. The standard InChI is InChI=1S/C15H20O6/c1-4-9(2)15(19)21-13(6-5-11(17)10(3)16)12-7-8-14(18)20-12/h4-8,10-13,16-17H,1-3H3/b6-5+,9-4+/t10-,11-,12-,13+/m1/s1. The Kier molecular flexibility index (Phi) is 6.33. The van der Waals surface area contributed by atoms with Crippen molar-refractivity contribution in [1.82, 2.24) is 0 Å². The highest BCUT2D eigenvalue weighted by Crippen LogP contribution is 2.16. The summed E-state index contributed by atoms with van der Waals surface area (Å²) in [6.45, 7) is 4.73. The lowest BCUT2D eigenvalue weighted by atomic mass is 10.1. The Labute approximate surface area is 123 Å². The van der Waals surface area contributed by atoms with Gasteiger partial charge in [-0.1, -0.05) is 12.2 Å². The van der Waals surface area contributed by atoms with E-state index < -0.39 is 36.4 Å². The van der Waals surface area contributed by atoms with Crippen LogP contribution in [0.1, 0.15) is 20.8 Å². The van der Waals surface area contributed by atoms with Gasteiger partial charge in [-0.25, -0.2) is 9.59 Å². The third-order valence-electron chi connectivity index (χ3n) is 2.99. The maximum Gasteiger partial charge on any atom is 0.334 e. The summed E-state index contributed by atoms with van der Waals surface area (Å²) in [5.41, 5.74) is 0.415. The van der Waals surface area contributed by atoms with Gasteiger partial charge in [0, 0.05) is 11.6 Å². The van der Waals surface area contributed by atoms with E-state index in [1.54, 1.807) is 19.9 Å². The number of ether oxygens (including phenoxy) is 2. The zero-order valence-electron chi connectivity index (χ0n) is 12.2. The third-order valence-corrected chi connectivity index (χ3v) is 2.99. The van der Waals surface area contributed by atoms with Gasteiger partial charge < -0.3 is 19.7 Å². The molecule has 0 bridgehead atoms. The number of carbonyl (C=O) groups is 2. The fourth-order valence-corrected chi connectivity index (χ4v) is 1.50. The van der Waals surface area contributed by atoms with E-state index in [1.807, 2.05) is 0 Å². The van der Waals surface area contributed by atoms with Gasteiger partial charge in [-0.2, -0.15) is 0 Å². The lowest BCUT2D eigenvalue weighted by Crippen LogP contribution is -2.30. The van der Waals surface area contributed by atoms with Crippen molar-refractivity contribution in [3.63, 3.8) is 0 Å². The topological polar surface area (TPSA) is 93.1 Å². The smallest absolute Gasteiger partial charge is 0.334 e. The molecule has 0 radical (unpaired) electrons. The zero-order chi connectivity index (χ0) is 16.0. The number of hydrogen-bond donors (Lipinski definition) is 2. The second-order valence-corrected chi connectivity index (χ2v) is 4.72. The number of esters is 2. The van der Waals surface area contributed by atoms with Gasteiger partial charge in [-0.3, -0.25) is 0 Å². The fraction of sp³-hybridized carbons (Fsp3) is 0.467. The Morgan fingerprint density at radius 2 is 2.10 bits per heavy atom. The molecule has 6 heteroatoms. The van der Waals surface area contributed by atoms with Crippen LogP contribution in [0.15, 0.2) is 36.0 Å². The molecule has 1 rings (SSSR count). The van der Waals surface area contributed by atoms with E-state index in [0.717, 1.165) is 0 Å². The average molecular weight is 296 g/mol. The molecule has 0 aromatic heterocycles. The Morgan fingerprint density at radius 1 is 1.43 bits per heavy atom. The Hall–Kier alpha value is -1.92. The quantitative estimate of drug-likeness (QED) is 0.424. The largest absolute Gasteiger partial charge is 0.451 e. The number of hydrogen-bond acceptors (Lipinski definition) is 6. The van der Waals surface area contributed by atoms with Gasteiger partial charge in [0.15, 0.2) is 12.2 Å². The van der Waals surface area contributed by atoms with Crippen LogP contribution in [0.4, 0.5) is 0 Å². The van der Waals surface area contributed by atoms with Crippen LogP contribution < -0.4 is 0 Å². The summed E-state index contributed by atoms with van der Waals surface area (Å²) in [5.74, 6) is -1.07. The molecule has 0 fully saturated rings. The molecule has 0 aromatic rings. The minimum absolute atomic E-state index is 0.415. The minimum atomic E-state index is -1.10. The molecule has 1 heterocycles. The van der Waals surface area contributed by atoms with E-state index >= 15 is 0 Å². The second kappa shape index (κ2) is 7.75. The van der Waals surface area contributed by atoms with Crippen molar-refractivity contribution < 1.29 is 29.3 Å². The van der Waals surface area contributed by atoms with Crippen LogP contribution in [0, 0.1) is 0 Å². The van der Waals surface area contributed by atoms with Crippen LogP contribution in [0.5, 0.6) is 0 Å². The van der Waals surface area contributed by atoms with Gasteiger partial charge in [-0.05, 0) is 32.9 Å². The van der Waals surface area contributed by atoms with Crippen LogP contribution >= 0.6 is 0 Å². The lowest BCUT2D eigenvalue weighted by Gasteiger charge is -2.20. The van der Waals surface area contributed by atoms with Gasteiger partial charge in [0.1, 0.15) is 0 Å². The highest BCUT2D eigenvalue weighted by Gasteiger charge is 2.28. The highest BCUT2D eigenvalue weighted by atomic mass is 16.6. The van der Waals surface area contributed by atoms with Crippen LogP contribution in [0.25, 0.3) is 0 Å². The van der Waals surface area contributed by atoms with Crippen LogP contribution in [0.2, 0.25) is 0 Å². The zero-order valence-corrected chi connectivity index (χ0v) is 12.2. The first-order valence-corrected chi connectivity index (χ1v) is 6.62. The second-order valence-electron chi connectivity index (χ2n) is 4.72. The predicted octanol–water partition coefficient (Wildman–Crippen LogP) is 0.644. The van der Waals surface area contributed by atoms with E-state index in [0.29, 0.717) is 5.57 Å². The van der Waals surface area contributed by atoms with Crippen LogP contribution in [-0.2, 0) is 19.1 Å². The third kappa shape index (κ3) is 5.17. The summed E-state index contributed by atoms with van der Waals surface area (Å²) in [5, 5.41) is 18.8. The predicted molar refractivity (Wildman–Crippen MR) is 75.2 cm³/mol. The van der Waals surface area contributed by atoms with Gasteiger partial charge >= 0.3 is 11.9 Å². The molecule has 21 heavy (non-hydrogen) atoms. The summed E-state index contributed by atoms with van der Waals surface area (Å²) < 4.78 is 10.2. The maximum atomic E-state index is 11.8. The normalized spacial score (nSPS) is 23.0. The first-order chi connectivity index (χ1) is 9.85. The number of aliphatic hydroxyl groups is 2. The summed E-state index contributed by atoms with van der Waals surface area (Å²) >= 11 is 0. The molecule has 1 aliphatic heterocycles. The van der Waals surface area contributed by atoms with Crippen LogP contribution in [0.3, 0.4) is 0 Å².